The molecule has 8 heteroatoms. The Labute approximate surface area is 110 Å². The molecule has 0 aliphatic carbocycles. The van der Waals surface area contributed by atoms with Crippen LogP contribution in [0.2, 0.25) is 0 Å². The molecule has 76 valence electrons. The third-order valence-corrected chi connectivity index (χ3v) is 1.88. The van der Waals surface area contributed by atoms with Gasteiger partial charge in [-0.05, 0) is 12.2 Å². The molecule has 0 aromatic heterocycles. The fraction of sp³-hybridized carbons (Fsp3) is 0.500. The van der Waals surface area contributed by atoms with Crippen molar-refractivity contribution in [3.8, 4) is 0 Å². The molecule has 0 saturated heterocycles. The van der Waals surface area contributed by atoms with Gasteiger partial charge < -0.3 is 21.9 Å². The number of rotatable bonds is 3. The summed E-state index contributed by atoms with van der Waals surface area (Å²) in [7, 11) is 2.78. The first-order chi connectivity index (χ1) is 5.91. The number of thiocarbonyl (C=S) groups is 1. The minimum Gasteiger partial charge on any atom is -1.00 e. The Hall–Kier alpha value is -0.370. The number of carboxylic acid groups (broad SMARTS) is 2. The molecular weight excluding hydrogens is 219 g/mol. The van der Waals surface area contributed by atoms with Crippen molar-refractivity contribution < 1.29 is 50.8 Å². The second-order valence-electron chi connectivity index (χ2n) is 2.25. The van der Waals surface area contributed by atoms with Crippen LogP contribution < -0.4 is 34.9 Å². The Morgan fingerprint density at radius 2 is 1.79 bits per heavy atom. The van der Waals surface area contributed by atoms with Crippen molar-refractivity contribution in [2.75, 3.05) is 14.1 Å². The van der Waals surface area contributed by atoms with Crippen LogP contribution in [0.3, 0.4) is 0 Å². The summed E-state index contributed by atoms with van der Waals surface area (Å²) in [4.78, 5) is 21.9. The minimum absolute atomic E-state index is 0. The summed E-state index contributed by atoms with van der Waals surface area (Å²) in [6, 6.07) is -1.65. The topological polar surface area (TPSA) is 89.9 Å². The Morgan fingerprint density at radius 3 is 2.00 bits per heavy atom. The quantitative estimate of drug-likeness (QED) is 0.259. The van der Waals surface area contributed by atoms with Gasteiger partial charge in [0.2, 0.25) is 6.04 Å². The maximum Gasteiger partial charge on any atom is 1.00 e. The van der Waals surface area contributed by atoms with Crippen LogP contribution >= 0.6 is 12.2 Å². The summed E-state index contributed by atoms with van der Waals surface area (Å²) in [6.45, 7) is 0. The molecule has 0 amide bonds. The summed E-state index contributed by atoms with van der Waals surface area (Å²) >= 11 is 4.68. The maximum atomic E-state index is 10.5. The number of aliphatic carboxylic acids is 2. The first-order valence-electron chi connectivity index (χ1n) is 3.32. The molecule has 0 saturated carbocycles. The Kier molecular flexibility index (Phi) is 8.03. The summed E-state index contributed by atoms with van der Waals surface area (Å²) in [6.07, 6.45) is 0. The van der Waals surface area contributed by atoms with Crippen molar-refractivity contribution in [3.63, 3.8) is 0 Å². The first-order valence-corrected chi connectivity index (χ1v) is 3.72. The number of hydrogen-bond acceptors (Lipinski definition) is 3. The third-order valence-electron chi connectivity index (χ3n) is 1.39. The van der Waals surface area contributed by atoms with Gasteiger partial charge in [0, 0.05) is 14.1 Å². The van der Waals surface area contributed by atoms with Crippen LogP contribution in [0.5, 0.6) is 0 Å². The number of likely N-dealkylation sites (N-methyl/N-ethyl adjacent to an activating group) is 1. The van der Waals surface area contributed by atoms with Crippen molar-refractivity contribution in [1.29, 1.82) is 0 Å². The largest absolute Gasteiger partial charge is 1.00 e. The summed E-state index contributed by atoms with van der Waals surface area (Å²) in [5.74, 6) is -2.90. The van der Waals surface area contributed by atoms with Crippen LogP contribution in [0.4, 0.5) is 0 Å². The van der Waals surface area contributed by atoms with Crippen molar-refractivity contribution >= 4 is 29.3 Å². The fourth-order valence-electron chi connectivity index (χ4n) is 0.731. The van der Waals surface area contributed by atoms with E-state index in [9.17, 15) is 9.59 Å². The van der Waals surface area contributed by atoms with Crippen LogP contribution in [0.1, 0.15) is 1.43 Å². The molecule has 0 radical (unpaired) electrons. The van der Waals surface area contributed by atoms with Gasteiger partial charge in [-0.1, -0.05) is 0 Å². The molecule has 0 aliphatic heterocycles. The van der Waals surface area contributed by atoms with Gasteiger partial charge in [0.1, 0.15) is 0 Å². The summed E-state index contributed by atoms with van der Waals surface area (Å²) < 4.78 is 0. The molecule has 0 heterocycles. The van der Waals surface area contributed by atoms with Gasteiger partial charge in [-0.2, -0.15) is 0 Å². The molecule has 0 atom stereocenters. The Balaban J connectivity index is -0.000000720. The first kappa shape index (κ1) is 16.1. The molecule has 3 N–H and O–H groups in total. The second kappa shape index (κ2) is 6.99. The van der Waals surface area contributed by atoms with Gasteiger partial charge >= 0.3 is 41.5 Å². The van der Waals surface area contributed by atoms with Gasteiger partial charge in [-0.25, -0.2) is 9.59 Å². The maximum absolute atomic E-state index is 10.5. The number of carboxylic acids is 2. The summed E-state index contributed by atoms with van der Waals surface area (Å²) in [5, 5.41) is 19.6. The zero-order chi connectivity index (χ0) is 10.6. The normalized spacial score (nSPS) is 8.79. The van der Waals surface area contributed by atoms with E-state index in [2.05, 4.69) is 17.5 Å². The Bertz CT molecular complexity index is 239. The minimum atomic E-state index is -1.65. The molecule has 6 nitrogen and oxygen atoms in total. The van der Waals surface area contributed by atoms with E-state index in [4.69, 9.17) is 10.2 Å². The average molecular weight is 230 g/mol. The SMILES string of the molecule is CNC(=S)N(C)C(C(=O)O)C(=O)O.[H-].[Na+]. The number of nitrogens with one attached hydrogen (secondary N) is 1. The fourth-order valence-corrected chi connectivity index (χ4v) is 0.836. The van der Waals surface area contributed by atoms with Gasteiger partial charge in [-0.3, -0.25) is 0 Å². The van der Waals surface area contributed by atoms with E-state index in [1.807, 2.05) is 0 Å². The standard InChI is InChI=1S/C6H10N2O4S.Na.H/c1-7-6(13)8(2)3(4(9)10)5(11)12;;/h3H,1-2H3,(H,7,13)(H,9,10)(H,11,12);;/q;+1;-1. The zero-order valence-electron chi connectivity index (χ0n) is 9.14. The van der Waals surface area contributed by atoms with E-state index < -0.39 is 18.0 Å². The zero-order valence-corrected chi connectivity index (χ0v) is 11.0. The van der Waals surface area contributed by atoms with Crippen molar-refractivity contribution in [2.45, 2.75) is 6.04 Å². The molecule has 0 rings (SSSR count). The molecular formula is C6H11N2NaO4S. The van der Waals surface area contributed by atoms with Crippen molar-refractivity contribution in [2.24, 2.45) is 0 Å². The molecule has 0 fully saturated rings. The molecule has 0 unspecified atom stereocenters. The van der Waals surface area contributed by atoms with Gasteiger partial charge in [0.15, 0.2) is 5.11 Å². The molecule has 14 heavy (non-hydrogen) atoms. The van der Waals surface area contributed by atoms with Crippen LogP contribution in [0.15, 0.2) is 0 Å². The van der Waals surface area contributed by atoms with Gasteiger partial charge in [-0.15, -0.1) is 0 Å². The third kappa shape index (κ3) is 4.23. The van der Waals surface area contributed by atoms with E-state index in [1.54, 1.807) is 0 Å². The van der Waals surface area contributed by atoms with Crippen LogP contribution in [0.25, 0.3) is 0 Å². The van der Waals surface area contributed by atoms with Gasteiger partial charge in [0.05, 0.1) is 0 Å². The van der Waals surface area contributed by atoms with Crippen molar-refractivity contribution in [3.05, 3.63) is 0 Å². The smallest absolute Gasteiger partial charge is 1.00 e. The number of hydrogen-bond donors (Lipinski definition) is 3. The summed E-state index contributed by atoms with van der Waals surface area (Å²) in [5.41, 5.74) is 0. The molecule has 0 spiro atoms. The molecule has 0 aromatic carbocycles. The van der Waals surface area contributed by atoms with E-state index in [0.29, 0.717) is 0 Å². The number of carbonyl (C=O) groups is 2. The monoisotopic (exact) mass is 230 g/mol. The molecule has 0 aliphatic rings. The van der Waals surface area contributed by atoms with E-state index in [0.717, 1.165) is 4.90 Å². The Morgan fingerprint density at radius 1 is 1.43 bits per heavy atom. The van der Waals surface area contributed by atoms with Crippen LogP contribution in [-0.4, -0.2) is 52.3 Å². The second-order valence-corrected chi connectivity index (χ2v) is 2.63. The van der Waals surface area contributed by atoms with E-state index in [-0.39, 0.29) is 36.1 Å². The average Bonchev–Trinajstić information content (AvgIpc) is 2.01. The predicted octanol–water partition coefficient (Wildman–Crippen LogP) is -3.92. The van der Waals surface area contributed by atoms with E-state index >= 15 is 0 Å². The van der Waals surface area contributed by atoms with E-state index in [1.165, 1.54) is 14.1 Å². The molecule has 0 bridgehead atoms. The van der Waals surface area contributed by atoms with Crippen LogP contribution in [-0.2, 0) is 9.59 Å². The van der Waals surface area contributed by atoms with Crippen LogP contribution in [0, 0.1) is 0 Å². The van der Waals surface area contributed by atoms with Crippen molar-refractivity contribution in [1.82, 2.24) is 10.2 Å². The molecule has 0 aromatic rings. The predicted molar refractivity (Wildman–Crippen MR) is 49.6 cm³/mol. The van der Waals surface area contributed by atoms with Gasteiger partial charge in [0.25, 0.3) is 0 Å². The number of nitrogens with zero attached hydrogens (tertiary/aromatic N) is 1.